The number of aryl methyl sites for hydroxylation is 2. The van der Waals surface area contributed by atoms with Gasteiger partial charge in [0, 0.05) is 24.7 Å². The van der Waals surface area contributed by atoms with E-state index in [9.17, 15) is 4.79 Å². The number of hydrogen-bond acceptors (Lipinski definition) is 2. The van der Waals surface area contributed by atoms with Crippen molar-refractivity contribution in [3.8, 4) is 0 Å². The van der Waals surface area contributed by atoms with E-state index in [4.69, 9.17) is 5.73 Å². The topological polar surface area (TPSA) is 46.3 Å². The number of carbonyl (C=O) groups excluding carboxylic acids is 1. The molecule has 0 spiro atoms. The summed E-state index contributed by atoms with van der Waals surface area (Å²) in [5, 5.41) is 0. The number of nitrogens with two attached hydrogens (primary N) is 1. The van der Waals surface area contributed by atoms with Gasteiger partial charge in [0.25, 0.3) is 5.91 Å². The third-order valence-electron chi connectivity index (χ3n) is 3.78. The molecule has 1 aromatic rings. The van der Waals surface area contributed by atoms with E-state index in [1.165, 1.54) is 6.42 Å². The highest BCUT2D eigenvalue weighted by Gasteiger charge is 2.27. The Morgan fingerprint density at radius 2 is 2.17 bits per heavy atom. The van der Waals surface area contributed by atoms with E-state index in [1.54, 1.807) is 0 Å². The molecule has 1 aliphatic rings. The maximum atomic E-state index is 12.6. The zero-order valence-electron chi connectivity index (χ0n) is 11.3. The lowest BCUT2D eigenvalue weighted by Crippen LogP contribution is -2.47. The van der Waals surface area contributed by atoms with Gasteiger partial charge < -0.3 is 10.6 Å². The van der Waals surface area contributed by atoms with Crippen LogP contribution in [0.4, 0.5) is 0 Å². The van der Waals surface area contributed by atoms with Gasteiger partial charge in [-0.3, -0.25) is 4.79 Å². The third-order valence-corrected chi connectivity index (χ3v) is 3.78. The van der Waals surface area contributed by atoms with Crippen LogP contribution in [0.1, 0.15) is 40.7 Å². The highest BCUT2D eigenvalue weighted by Crippen LogP contribution is 2.21. The lowest BCUT2D eigenvalue weighted by atomic mass is 9.98. The number of benzene rings is 1. The van der Waals surface area contributed by atoms with Crippen LogP contribution in [-0.2, 0) is 0 Å². The Morgan fingerprint density at radius 1 is 1.39 bits per heavy atom. The second-order valence-corrected chi connectivity index (χ2v) is 5.20. The van der Waals surface area contributed by atoms with Crippen LogP contribution >= 0.6 is 0 Å². The molecule has 1 aliphatic heterocycles. The number of hydrogen-bond donors (Lipinski definition) is 1. The average molecular weight is 246 g/mol. The number of likely N-dealkylation sites (tertiary alicyclic amines) is 1. The van der Waals surface area contributed by atoms with Gasteiger partial charge in [0.2, 0.25) is 0 Å². The van der Waals surface area contributed by atoms with Crippen LogP contribution in [0.3, 0.4) is 0 Å². The molecule has 1 aromatic carbocycles. The summed E-state index contributed by atoms with van der Waals surface area (Å²) in [5.41, 5.74) is 8.79. The summed E-state index contributed by atoms with van der Waals surface area (Å²) in [7, 11) is 0. The minimum absolute atomic E-state index is 0.145. The zero-order valence-corrected chi connectivity index (χ0v) is 11.3. The van der Waals surface area contributed by atoms with Gasteiger partial charge in [0.05, 0.1) is 0 Å². The molecule has 1 saturated heterocycles. The van der Waals surface area contributed by atoms with Crippen molar-refractivity contribution < 1.29 is 4.79 Å². The molecule has 1 amide bonds. The van der Waals surface area contributed by atoms with Gasteiger partial charge in [-0.1, -0.05) is 17.7 Å². The molecule has 0 radical (unpaired) electrons. The fourth-order valence-corrected chi connectivity index (χ4v) is 2.63. The van der Waals surface area contributed by atoms with E-state index in [2.05, 4.69) is 0 Å². The van der Waals surface area contributed by atoms with Crippen molar-refractivity contribution in [2.24, 2.45) is 5.73 Å². The van der Waals surface area contributed by atoms with Crippen molar-refractivity contribution in [1.29, 1.82) is 0 Å². The van der Waals surface area contributed by atoms with Gasteiger partial charge >= 0.3 is 0 Å². The summed E-state index contributed by atoms with van der Waals surface area (Å²) in [6.07, 6.45) is 3.30. The summed E-state index contributed by atoms with van der Waals surface area (Å²) in [5.74, 6) is 0.145. The van der Waals surface area contributed by atoms with E-state index in [0.29, 0.717) is 6.54 Å². The predicted molar refractivity (Wildman–Crippen MR) is 73.6 cm³/mol. The largest absolute Gasteiger partial charge is 0.334 e. The molecule has 3 heteroatoms. The van der Waals surface area contributed by atoms with Crippen molar-refractivity contribution in [1.82, 2.24) is 4.90 Å². The third kappa shape index (κ3) is 2.56. The van der Waals surface area contributed by atoms with Crippen LogP contribution in [-0.4, -0.2) is 29.9 Å². The number of amides is 1. The Balaban J connectivity index is 2.26. The summed E-state index contributed by atoms with van der Waals surface area (Å²) in [4.78, 5) is 14.6. The molecule has 0 saturated carbocycles. The first kappa shape index (κ1) is 13.1. The van der Waals surface area contributed by atoms with Gasteiger partial charge in [-0.25, -0.2) is 0 Å². The first-order chi connectivity index (χ1) is 8.63. The van der Waals surface area contributed by atoms with Crippen molar-refractivity contribution in [3.05, 3.63) is 34.9 Å². The molecule has 1 atom stereocenters. The molecule has 1 heterocycles. The molecule has 0 bridgehead atoms. The smallest absolute Gasteiger partial charge is 0.254 e. The van der Waals surface area contributed by atoms with Crippen molar-refractivity contribution >= 4 is 5.91 Å². The monoisotopic (exact) mass is 246 g/mol. The van der Waals surface area contributed by atoms with Crippen LogP contribution in [0.2, 0.25) is 0 Å². The maximum absolute atomic E-state index is 12.6. The number of rotatable bonds is 2. The van der Waals surface area contributed by atoms with Crippen LogP contribution < -0.4 is 5.73 Å². The SMILES string of the molecule is Cc1ccc(C)c(C(=O)N2CCCCC2CN)c1. The van der Waals surface area contributed by atoms with E-state index in [-0.39, 0.29) is 11.9 Å². The first-order valence-corrected chi connectivity index (χ1v) is 6.71. The van der Waals surface area contributed by atoms with Gasteiger partial charge in [-0.05, 0) is 44.7 Å². The van der Waals surface area contributed by atoms with E-state index >= 15 is 0 Å². The Hall–Kier alpha value is -1.35. The van der Waals surface area contributed by atoms with E-state index < -0.39 is 0 Å². The highest BCUT2D eigenvalue weighted by atomic mass is 16.2. The minimum atomic E-state index is 0.145. The Morgan fingerprint density at radius 3 is 2.89 bits per heavy atom. The number of nitrogens with zero attached hydrogens (tertiary/aromatic N) is 1. The fourth-order valence-electron chi connectivity index (χ4n) is 2.63. The molecule has 1 unspecified atom stereocenters. The van der Waals surface area contributed by atoms with E-state index in [0.717, 1.165) is 36.1 Å². The fraction of sp³-hybridized carbons (Fsp3) is 0.533. The van der Waals surface area contributed by atoms with Gasteiger partial charge in [-0.2, -0.15) is 0 Å². The standard InChI is InChI=1S/C15H22N2O/c1-11-6-7-12(2)14(9-11)15(18)17-8-4-3-5-13(17)10-16/h6-7,9,13H,3-5,8,10,16H2,1-2H3. The molecular formula is C15H22N2O. The summed E-state index contributed by atoms with van der Waals surface area (Å²) < 4.78 is 0. The lowest BCUT2D eigenvalue weighted by Gasteiger charge is -2.35. The molecular weight excluding hydrogens is 224 g/mol. The molecule has 18 heavy (non-hydrogen) atoms. The van der Waals surface area contributed by atoms with Crippen LogP contribution in [0, 0.1) is 13.8 Å². The Bertz CT molecular complexity index is 442. The average Bonchev–Trinajstić information content (AvgIpc) is 2.40. The number of piperidine rings is 1. The maximum Gasteiger partial charge on any atom is 0.254 e. The second kappa shape index (κ2) is 5.53. The van der Waals surface area contributed by atoms with Gasteiger partial charge in [0.1, 0.15) is 0 Å². The zero-order chi connectivity index (χ0) is 13.1. The van der Waals surface area contributed by atoms with Crippen LogP contribution in [0.5, 0.6) is 0 Å². The highest BCUT2D eigenvalue weighted by molar-refractivity contribution is 5.96. The molecule has 98 valence electrons. The Labute approximate surface area is 109 Å². The molecule has 3 nitrogen and oxygen atoms in total. The van der Waals surface area contributed by atoms with Crippen molar-refractivity contribution in [2.75, 3.05) is 13.1 Å². The van der Waals surface area contributed by atoms with Crippen LogP contribution in [0.25, 0.3) is 0 Å². The summed E-state index contributed by atoms with van der Waals surface area (Å²) in [6, 6.07) is 6.26. The lowest BCUT2D eigenvalue weighted by molar-refractivity contribution is 0.0622. The molecule has 2 rings (SSSR count). The Kier molecular flexibility index (Phi) is 4.02. The molecule has 0 aromatic heterocycles. The molecule has 2 N–H and O–H groups in total. The normalized spacial score (nSPS) is 19.9. The van der Waals surface area contributed by atoms with Crippen LogP contribution in [0.15, 0.2) is 18.2 Å². The molecule has 0 aliphatic carbocycles. The predicted octanol–water partition coefficient (Wildman–Crippen LogP) is 2.26. The summed E-state index contributed by atoms with van der Waals surface area (Å²) in [6.45, 7) is 5.42. The first-order valence-electron chi connectivity index (χ1n) is 6.71. The quantitative estimate of drug-likeness (QED) is 0.870. The minimum Gasteiger partial charge on any atom is -0.334 e. The van der Waals surface area contributed by atoms with Gasteiger partial charge in [-0.15, -0.1) is 0 Å². The van der Waals surface area contributed by atoms with Crippen molar-refractivity contribution in [2.45, 2.75) is 39.2 Å². The van der Waals surface area contributed by atoms with Crippen molar-refractivity contribution in [3.63, 3.8) is 0 Å². The number of carbonyl (C=O) groups is 1. The molecule has 1 fully saturated rings. The second-order valence-electron chi connectivity index (χ2n) is 5.20. The summed E-state index contributed by atoms with van der Waals surface area (Å²) >= 11 is 0. The van der Waals surface area contributed by atoms with Gasteiger partial charge in [0.15, 0.2) is 0 Å². The van der Waals surface area contributed by atoms with E-state index in [1.807, 2.05) is 36.9 Å².